The summed E-state index contributed by atoms with van der Waals surface area (Å²) in [5, 5.41) is 0. The van der Waals surface area contributed by atoms with Gasteiger partial charge >= 0.3 is 0 Å². The lowest BCUT2D eigenvalue weighted by Gasteiger charge is -2.26. The average Bonchev–Trinajstić information content (AvgIpc) is 2.80. The minimum atomic E-state index is -1.14. The van der Waals surface area contributed by atoms with Gasteiger partial charge in [0.2, 0.25) is 0 Å². The number of benzene rings is 4. The lowest BCUT2D eigenvalue weighted by atomic mass is 9.93. The Morgan fingerprint density at radius 1 is 0.455 bits per heavy atom. The van der Waals surface area contributed by atoms with Crippen LogP contribution >= 0.6 is 0 Å². The first-order valence-electron chi connectivity index (χ1n) is 11.0. The molecule has 0 heterocycles. The smallest absolute Gasteiger partial charge is 0.127 e. The second-order valence-electron chi connectivity index (χ2n) is 8.61. The highest BCUT2D eigenvalue weighted by Crippen LogP contribution is 2.30. The van der Waals surface area contributed by atoms with Crippen molar-refractivity contribution < 1.29 is 9.47 Å². The van der Waals surface area contributed by atoms with Gasteiger partial charge in [0.25, 0.3) is 0 Å². The van der Waals surface area contributed by atoms with E-state index in [2.05, 4.69) is 39.8 Å². The molecule has 0 amide bonds. The summed E-state index contributed by atoms with van der Waals surface area (Å²) >= 11 is 0. The largest absolute Gasteiger partial charge is 0.457 e. The molecule has 0 aliphatic rings. The second kappa shape index (κ2) is 9.10. The van der Waals surface area contributed by atoms with E-state index in [1.54, 1.807) is 0 Å². The van der Waals surface area contributed by atoms with Gasteiger partial charge in [-0.05, 0) is 110 Å². The van der Waals surface area contributed by atoms with E-state index in [0.29, 0.717) is 0 Å². The van der Waals surface area contributed by atoms with Gasteiger partial charge in [0.15, 0.2) is 0 Å². The summed E-state index contributed by atoms with van der Waals surface area (Å²) in [4.78, 5) is 0. The van der Waals surface area contributed by atoms with Crippen molar-refractivity contribution in [1.82, 2.24) is 0 Å². The maximum Gasteiger partial charge on any atom is 0.127 e. The molecule has 4 heteroatoms. The highest BCUT2D eigenvalue weighted by Gasteiger charge is 2.24. The summed E-state index contributed by atoms with van der Waals surface area (Å²) < 4.78 is 12.0. The lowest BCUT2D eigenvalue weighted by molar-refractivity contribution is 0.479. The molecule has 4 rings (SSSR count). The maximum atomic E-state index is 6.53. The third-order valence-electron chi connectivity index (χ3n) is 6.09. The van der Waals surface area contributed by atoms with Gasteiger partial charge in [-0.2, -0.15) is 0 Å². The summed E-state index contributed by atoms with van der Waals surface area (Å²) in [6.45, 7) is 8.30. The van der Waals surface area contributed by atoms with E-state index in [4.69, 9.17) is 20.9 Å². The molecule has 168 valence electrons. The standard InChI is InChI=1S/C29H30N2O2/c1-19-5-11-27(17-21(19)3)32-25-13-7-23(8-14-25)29(30,31)24-9-15-26(16-10-24)33-28-12-6-20(2)22(4)18-28/h5-18H,30-31H2,1-4H3. The SMILES string of the molecule is Cc1ccc(Oc2ccc(C(N)(N)c3ccc(Oc4ccc(C)c(C)c4)cc3)cc2)cc1C. The predicted molar refractivity (Wildman–Crippen MR) is 134 cm³/mol. The predicted octanol–water partition coefficient (Wildman–Crippen LogP) is 6.62. The molecule has 0 aromatic heterocycles. The van der Waals surface area contributed by atoms with Gasteiger partial charge in [-0.25, -0.2) is 0 Å². The number of ether oxygens (including phenoxy) is 2. The summed E-state index contributed by atoms with van der Waals surface area (Å²) in [6, 6.07) is 27.2. The van der Waals surface area contributed by atoms with Gasteiger partial charge < -0.3 is 20.9 Å². The third-order valence-corrected chi connectivity index (χ3v) is 6.09. The highest BCUT2D eigenvalue weighted by atomic mass is 16.5. The fraction of sp³-hybridized carbons (Fsp3) is 0.172. The quantitative estimate of drug-likeness (QED) is 0.332. The minimum absolute atomic E-state index is 0.731. The van der Waals surface area contributed by atoms with Crippen LogP contribution in [0.3, 0.4) is 0 Å². The topological polar surface area (TPSA) is 70.5 Å². The normalized spacial score (nSPS) is 11.3. The zero-order valence-corrected chi connectivity index (χ0v) is 19.6. The molecule has 0 aliphatic carbocycles. The van der Waals surface area contributed by atoms with Crippen LogP contribution in [0.15, 0.2) is 84.9 Å². The molecule has 0 atom stereocenters. The van der Waals surface area contributed by atoms with Crippen molar-refractivity contribution in [2.75, 3.05) is 0 Å². The Morgan fingerprint density at radius 3 is 1.12 bits per heavy atom. The number of hydrogen-bond acceptors (Lipinski definition) is 4. The van der Waals surface area contributed by atoms with Crippen LogP contribution < -0.4 is 20.9 Å². The highest BCUT2D eigenvalue weighted by molar-refractivity contribution is 5.44. The number of nitrogens with two attached hydrogens (primary N) is 2. The maximum absolute atomic E-state index is 6.53. The summed E-state index contributed by atoms with van der Waals surface area (Å²) in [5.41, 5.74) is 18.4. The molecular formula is C29H30N2O2. The first-order chi connectivity index (χ1) is 15.7. The Kier molecular flexibility index (Phi) is 6.23. The van der Waals surface area contributed by atoms with E-state index in [-0.39, 0.29) is 0 Å². The number of hydrogen-bond donors (Lipinski definition) is 2. The summed E-state index contributed by atoms with van der Waals surface area (Å²) in [7, 11) is 0. The van der Waals surface area contributed by atoms with Crippen LogP contribution in [0, 0.1) is 27.7 Å². The Morgan fingerprint density at radius 2 is 0.788 bits per heavy atom. The zero-order valence-electron chi connectivity index (χ0n) is 19.6. The second-order valence-corrected chi connectivity index (χ2v) is 8.61. The van der Waals surface area contributed by atoms with Gasteiger partial charge in [-0.1, -0.05) is 36.4 Å². The fourth-order valence-electron chi connectivity index (χ4n) is 3.59. The van der Waals surface area contributed by atoms with Crippen LogP contribution in [0.4, 0.5) is 0 Å². The summed E-state index contributed by atoms with van der Waals surface area (Å²) in [5.74, 6) is 3.07. The Bertz CT molecular complexity index is 1160. The zero-order chi connectivity index (χ0) is 23.6. The Hall–Kier alpha value is -3.60. The number of aryl methyl sites for hydroxylation is 4. The van der Waals surface area contributed by atoms with Crippen LogP contribution in [0.2, 0.25) is 0 Å². The molecule has 33 heavy (non-hydrogen) atoms. The van der Waals surface area contributed by atoms with Crippen LogP contribution in [0.1, 0.15) is 33.4 Å². The monoisotopic (exact) mass is 438 g/mol. The average molecular weight is 439 g/mol. The molecule has 4 N–H and O–H groups in total. The summed E-state index contributed by atoms with van der Waals surface area (Å²) in [6.07, 6.45) is 0. The van der Waals surface area contributed by atoms with Crippen molar-refractivity contribution in [3.63, 3.8) is 0 Å². The van der Waals surface area contributed by atoms with Crippen molar-refractivity contribution in [2.24, 2.45) is 11.5 Å². The molecular weight excluding hydrogens is 408 g/mol. The van der Waals surface area contributed by atoms with Crippen LogP contribution in [0.5, 0.6) is 23.0 Å². The van der Waals surface area contributed by atoms with Crippen LogP contribution in [-0.4, -0.2) is 0 Å². The van der Waals surface area contributed by atoms with Crippen molar-refractivity contribution in [3.05, 3.63) is 118 Å². The first kappa shape index (κ1) is 22.6. The van der Waals surface area contributed by atoms with Gasteiger partial charge in [0.05, 0.1) is 0 Å². The van der Waals surface area contributed by atoms with Crippen molar-refractivity contribution in [1.29, 1.82) is 0 Å². The molecule has 0 saturated heterocycles. The minimum Gasteiger partial charge on any atom is -0.457 e. The van der Waals surface area contributed by atoms with Crippen molar-refractivity contribution >= 4 is 0 Å². The Labute approximate surface area is 195 Å². The van der Waals surface area contributed by atoms with Crippen LogP contribution in [0.25, 0.3) is 0 Å². The van der Waals surface area contributed by atoms with E-state index in [1.165, 1.54) is 22.3 Å². The van der Waals surface area contributed by atoms with E-state index in [9.17, 15) is 0 Å². The lowest BCUT2D eigenvalue weighted by Crippen LogP contribution is -2.47. The van der Waals surface area contributed by atoms with E-state index < -0.39 is 5.66 Å². The number of rotatable bonds is 6. The molecule has 0 saturated carbocycles. The molecule has 0 unspecified atom stereocenters. The van der Waals surface area contributed by atoms with Gasteiger partial charge in [0.1, 0.15) is 28.7 Å². The van der Waals surface area contributed by atoms with Crippen molar-refractivity contribution in [2.45, 2.75) is 33.4 Å². The van der Waals surface area contributed by atoms with Crippen molar-refractivity contribution in [3.8, 4) is 23.0 Å². The van der Waals surface area contributed by atoms with E-state index in [1.807, 2.05) is 72.8 Å². The van der Waals surface area contributed by atoms with Crippen LogP contribution in [-0.2, 0) is 5.66 Å². The molecule has 0 fully saturated rings. The molecule has 4 aromatic rings. The van der Waals surface area contributed by atoms with E-state index >= 15 is 0 Å². The molecule has 0 radical (unpaired) electrons. The molecule has 0 bridgehead atoms. The fourth-order valence-corrected chi connectivity index (χ4v) is 3.59. The van der Waals surface area contributed by atoms with Gasteiger partial charge in [0, 0.05) is 0 Å². The molecule has 0 spiro atoms. The molecule has 4 aromatic carbocycles. The first-order valence-corrected chi connectivity index (χ1v) is 11.0. The Balaban J connectivity index is 1.47. The molecule has 4 nitrogen and oxygen atoms in total. The third kappa shape index (κ3) is 5.08. The van der Waals surface area contributed by atoms with Gasteiger partial charge in [-0.15, -0.1) is 0 Å². The van der Waals surface area contributed by atoms with Gasteiger partial charge in [-0.3, -0.25) is 0 Å². The van der Waals surface area contributed by atoms with E-state index in [0.717, 1.165) is 34.1 Å². The molecule has 0 aliphatic heterocycles.